The fraction of sp³-hybridized carbons (Fsp3) is 0.722. The van der Waals surface area contributed by atoms with Crippen LogP contribution in [0.5, 0.6) is 0 Å². The summed E-state index contributed by atoms with van der Waals surface area (Å²) in [5, 5.41) is 13.6. The summed E-state index contributed by atoms with van der Waals surface area (Å²) in [5.74, 6) is 0.693. The molecule has 1 rings (SSSR count). The third-order valence-electron chi connectivity index (χ3n) is 3.72. The molecule has 0 saturated heterocycles. The van der Waals surface area contributed by atoms with Crippen LogP contribution in [0.1, 0.15) is 52.7 Å². The van der Waals surface area contributed by atoms with Gasteiger partial charge in [-0.15, -0.1) is 0 Å². The van der Waals surface area contributed by atoms with Gasteiger partial charge in [0, 0.05) is 32.9 Å². The number of aromatic nitrogens is 2. The molecule has 1 heterocycles. The van der Waals surface area contributed by atoms with Crippen LogP contribution < -0.4 is 16.0 Å². The average molecular weight is 367 g/mol. The van der Waals surface area contributed by atoms with Crippen LogP contribution in [0, 0.1) is 0 Å². The number of nitrogens with zero attached hydrogens (tertiary/aromatic N) is 3. The van der Waals surface area contributed by atoms with Crippen molar-refractivity contribution in [3.05, 3.63) is 18.0 Å². The molecule has 0 aromatic carbocycles. The van der Waals surface area contributed by atoms with Crippen LogP contribution in [-0.4, -0.2) is 47.1 Å². The van der Waals surface area contributed by atoms with Crippen LogP contribution in [0.2, 0.25) is 0 Å². The van der Waals surface area contributed by atoms with Gasteiger partial charge in [0.25, 0.3) is 0 Å². The van der Waals surface area contributed by atoms with Crippen LogP contribution in [-0.2, 0) is 18.3 Å². The Hall–Kier alpha value is -2.25. The van der Waals surface area contributed by atoms with E-state index < -0.39 is 11.7 Å². The predicted molar refractivity (Wildman–Crippen MR) is 104 cm³/mol. The maximum atomic E-state index is 11.9. The number of rotatable bonds is 8. The molecule has 148 valence electrons. The third kappa shape index (κ3) is 8.73. The first-order valence-corrected chi connectivity index (χ1v) is 9.16. The Kier molecular flexibility index (Phi) is 8.95. The summed E-state index contributed by atoms with van der Waals surface area (Å²) in [7, 11) is 3.64. The first-order chi connectivity index (χ1) is 12.2. The first-order valence-electron chi connectivity index (χ1n) is 9.16. The van der Waals surface area contributed by atoms with Gasteiger partial charge in [0.15, 0.2) is 5.96 Å². The summed E-state index contributed by atoms with van der Waals surface area (Å²) in [6, 6.07) is 2.03. The second-order valence-corrected chi connectivity index (χ2v) is 7.24. The van der Waals surface area contributed by atoms with E-state index in [1.165, 1.54) is 0 Å². The Balaban J connectivity index is 2.54. The number of carbonyl (C=O) groups excluding carboxylic acids is 1. The molecule has 1 unspecified atom stereocenters. The summed E-state index contributed by atoms with van der Waals surface area (Å²) in [6.45, 7) is 8.79. The number of carbonyl (C=O) groups is 1. The number of guanidine groups is 1. The second-order valence-electron chi connectivity index (χ2n) is 7.24. The van der Waals surface area contributed by atoms with Gasteiger partial charge in [-0.25, -0.2) is 4.79 Å². The second kappa shape index (κ2) is 10.7. The number of ether oxygens (including phenoxy) is 1. The zero-order valence-corrected chi connectivity index (χ0v) is 16.9. The van der Waals surface area contributed by atoms with E-state index in [9.17, 15) is 4.79 Å². The highest BCUT2D eigenvalue weighted by atomic mass is 16.6. The molecule has 1 aromatic heterocycles. The zero-order chi connectivity index (χ0) is 19.6. The lowest BCUT2D eigenvalue weighted by Gasteiger charge is -2.24. The number of aliphatic imine (C=N–C) groups is 1. The van der Waals surface area contributed by atoms with Crippen molar-refractivity contribution in [2.75, 3.05) is 13.6 Å². The van der Waals surface area contributed by atoms with Crippen LogP contribution >= 0.6 is 0 Å². The van der Waals surface area contributed by atoms with Gasteiger partial charge in [-0.3, -0.25) is 9.67 Å². The fourth-order valence-corrected chi connectivity index (χ4v) is 2.33. The number of amides is 1. The maximum Gasteiger partial charge on any atom is 0.407 e. The monoisotopic (exact) mass is 366 g/mol. The largest absolute Gasteiger partial charge is 0.444 e. The molecule has 0 aliphatic heterocycles. The van der Waals surface area contributed by atoms with Crippen molar-refractivity contribution < 1.29 is 9.53 Å². The van der Waals surface area contributed by atoms with Crippen LogP contribution in [0.15, 0.2) is 17.3 Å². The molecular formula is C18H34N6O2. The number of hydrogen-bond acceptors (Lipinski definition) is 4. The lowest BCUT2D eigenvalue weighted by Crippen LogP contribution is -2.48. The molecule has 0 saturated carbocycles. The van der Waals surface area contributed by atoms with E-state index in [-0.39, 0.29) is 6.04 Å². The van der Waals surface area contributed by atoms with Gasteiger partial charge in [-0.2, -0.15) is 5.10 Å². The quantitative estimate of drug-likeness (QED) is 0.484. The molecule has 0 aliphatic rings. The summed E-state index contributed by atoms with van der Waals surface area (Å²) < 4.78 is 7.12. The van der Waals surface area contributed by atoms with E-state index in [1.54, 1.807) is 13.2 Å². The van der Waals surface area contributed by atoms with Gasteiger partial charge in [0.05, 0.1) is 12.2 Å². The fourth-order valence-electron chi connectivity index (χ4n) is 2.33. The molecule has 1 atom stereocenters. The molecule has 0 spiro atoms. The van der Waals surface area contributed by atoms with E-state index in [1.807, 2.05) is 38.6 Å². The Labute approximate surface area is 156 Å². The van der Waals surface area contributed by atoms with E-state index in [0.717, 1.165) is 25.0 Å². The highest BCUT2D eigenvalue weighted by molar-refractivity contribution is 5.80. The van der Waals surface area contributed by atoms with Crippen LogP contribution in [0.3, 0.4) is 0 Å². The van der Waals surface area contributed by atoms with Crippen LogP contribution in [0.4, 0.5) is 4.79 Å². The van der Waals surface area contributed by atoms with Crippen molar-refractivity contribution in [1.29, 1.82) is 0 Å². The molecule has 0 aliphatic carbocycles. The van der Waals surface area contributed by atoms with E-state index in [2.05, 4.69) is 33.0 Å². The highest BCUT2D eigenvalue weighted by Crippen LogP contribution is 2.07. The molecule has 1 aromatic rings. The molecule has 0 radical (unpaired) electrons. The number of alkyl carbamates (subject to hydrolysis) is 1. The molecule has 1 amide bonds. The molecule has 0 fully saturated rings. The number of aryl methyl sites for hydroxylation is 1. The summed E-state index contributed by atoms with van der Waals surface area (Å²) >= 11 is 0. The minimum absolute atomic E-state index is 0.0696. The number of nitrogens with one attached hydrogen (secondary N) is 3. The summed E-state index contributed by atoms with van der Waals surface area (Å²) in [5.41, 5.74) is 0.557. The lowest BCUT2D eigenvalue weighted by molar-refractivity contribution is 0.0523. The topological polar surface area (TPSA) is 92.6 Å². The smallest absolute Gasteiger partial charge is 0.407 e. The standard InChI is InChI=1S/C18H34N6O2/c1-7-8-9-14(12-21-17(25)26-18(2,3)4)23-16(19-5)20-13-15-10-11-22-24(15)6/h10-11,14H,7-9,12-13H2,1-6H3,(H,21,25)(H2,19,20,23). The molecule has 3 N–H and O–H groups in total. The third-order valence-corrected chi connectivity index (χ3v) is 3.72. The van der Waals surface area contributed by atoms with E-state index in [0.29, 0.717) is 19.0 Å². The lowest BCUT2D eigenvalue weighted by atomic mass is 10.1. The maximum absolute atomic E-state index is 11.9. The predicted octanol–water partition coefficient (Wildman–Crippen LogP) is 2.17. The molecule has 0 bridgehead atoms. The summed E-state index contributed by atoms with van der Waals surface area (Å²) in [4.78, 5) is 16.2. The van der Waals surface area contributed by atoms with Crippen molar-refractivity contribution in [1.82, 2.24) is 25.7 Å². The van der Waals surface area contributed by atoms with Gasteiger partial charge >= 0.3 is 6.09 Å². The van der Waals surface area contributed by atoms with E-state index in [4.69, 9.17) is 4.74 Å². The minimum atomic E-state index is -0.503. The normalized spacial score (nSPS) is 13.2. The van der Waals surface area contributed by atoms with Gasteiger partial charge in [0.2, 0.25) is 0 Å². The van der Waals surface area contributed by atoms with Gasteiger partial charge in [-0.05, 0) is 33.3 Å². The Morgan fingerprint density at radius 2 is 2.12 bits per heavy atom. The number of hydrogen-bond donors (Lipinski definition) is 3. The minimum Gasteiger partial charge on any atom is -0.444 e. The molecule has 8 heteroatoms. The Morgan fingerprint density at radius 1 is 1.38 bits per heavy atom. The van der Waals surface area contributed by atoms with Crippen molar-refractivity contribution in [2.45, 2.75) is 65.1 Å². The zero-order valence-electron chi connectivity index (χ0n) is 16.9. The van der Waals surface area contributed by atoms with Crippen molar-refractivity contribution in [2.24, 2.45) is 12.0 Å². The highest BCUT2D eigenvalue weighted by Gasteiger charge is 2.18. The molecule has 26 heavy (non-hydrogen) atoms. The summed E-state index contributed by atoms with van der Waals surface area (Å²) in [6.07, 6.45) is 4.44. The van der Waals surface area contributed by atoms with Gasteiger partial charge in [0.1, 0.15) is 5.60 Å². The first kappa shape index (κ1) is 21.8. The molecular weight excluding hydrogens is 332 g/mol. The van der Waals surface area contributed by atoms with Crippen molar-refractivity contribution >= 4 is 12.1 Å². The Bertz CT molecular complexity index is 576. The number of unbranched alkanes of at least 4 members (excludes halogenated alkanes) is 1. The average Bonchev–Trinajstić information content (AvgIpc) is 2.96. The molecule has 8 nitrogen and oxygen atoms in total. The van der Waals surface area contributed by atoms with Crippen molar-refractivity contribution in [3.63, 3.8) is 0 Å². The van der Waals surface area contributed by atoms with Gasteiger partial charge < -0.3 is 20.7 Å². The van der Waals surface area contributed by atoms with Crippen molar-refractivity contribution in [3.8, 4) is 0 Å². The van der Waals surface area contributed by atoms with Gasteiger partial charge in [-0.1, -0.05) is 19.8 Å². The van der Waals surface area contributed by atoms with Crippen LogP contribution in [0.25, 0.3) is 0 Å². The SMILES string of the molecule is CCCCC(CNC(=O)OC(C)(C)C)NC(=NC)NCc1ccnn1C. The van der Waals surface area contributed by atoms with E-state index >= 15 is 0 Å². The Morgan fingerprint density at radius 3 is 2.65 bits per heavy atom.